The number of benzene rings is 1. The van der Waals surface area contributed by atoms with Crippen molar-refractivity contribution in [2.24, 2.45) is 5.10 Å². The summed E-state index contributed by atoms with van der Waals surface area (Å²) in [4.78, 5) is 31.5. The van der Waals surface area contributed by atoms with Gasteiger partial charge in [0.1, 0.15) is 5.69 Å². The number of ketones is 1. The van der Waals surface area contributed by atoms with Crippen LogP contribution < -0.4 is 5.43 Å². The van der Waals surface area contributed by atoms with Crippen molar-refractivity contribution in [3.05, 3.63) is 62.6 Å². The lowest BCUT2D eigenvalue weighted by atomic mass is 10.2. The maximum absolute atomic E-state index is 11.6. The number of non-ortho nitro benzene ring substituents is 1. The molecule has 22 heavy (non-hydrogen) atoms. The number of Topliss-reactive ketones (excluding diaryl/α,β-unsaturated/α-hetero) is 1. The Morgan fingerprint density at radius 2 is 2.00 bits per heavy atom. The molecule has 0 fully saturated rings. The number of rotatable bonds is 6. The summed E-state index contributed by atoms with van der Waals surface area (Å²) in [7, 11) is 0. The second kappa shape index (κ2) is 6.26. The lowest BCUT2D eigenvalue weighted by Gasteiger charge is -2.01. The van der Waals surface area contributed by atoms with Gasteiger partial charge in [-0.05, 0) is 18.2 Å². The fraction of sp³-hybridized carbons (Fsp3) is 0. The Labute approximate surface area is 122 Å². The van der Waals surface area contributed by atoms with Gasteiger partial charge in [-0.1, -0.05) is 0 Å². The second-order valence-electron chi connectivity index (χ2n) is 3.93. The highest BCUT2D eigenvalue weighted by Crippen LogP contribution is 2.28. The third kappa shape index (κ3) is 3.30. The van der Waals surface area contributed by atoms with Gasteiger partial charge in [0, 0.05) is 6.07 Å². The Bertz CT molecular complexity index is 753. The van der Waals surface area contributed by atoms with Gasteiger partial charge in [0.05, 0.1) is 28.4 Å². The Hall–Kier alpha value is -3.56. The van der Waals surface area contributed by atoms with E-state index in [0.29, 0.717) is 0 Å². The molecule has 10 nitrogen and oxygen atoms in total. The first-order valence-corrected chi connectivity index (χ1v) is 5.79. The molecule has 0 aliphatic rings. The third-order valence-electron chi connectivity index (χ3n) is 2.52. The van der Waals surface area contributed by atoms with E-state index in [0.717, 1.165) is 24.4 Å². The highest BCUT2D eigenvalue weighted by molar-refractivity contribution is 6.34. The molecule has 0 spiro atoms. The first kappa shape index (κ1) is 14.8. The molecule has 0 bridgehead atoms. The number of carbonyl (C=O) groups excluding carboxylic acids is 1. The van der Waals surface area contributed by atoms with Crippen LogP contribution in [0, 0.1) is 20.2 Å². The Kier molecular flexibility index (Phi) is 4.22. The van der Waals surface area contributed by atoms with Gasteiger partial charge in [-0.15, -0.1) is 0 Å². The van der Waals surface area contributed by atoms with Gasteiger partial charge < -0.3 is 4.42 Å². The molecule has 1 N–H and O–H groups in total. The van der Waals surface area contributed by atoms with Gasteiger partial charge in [0.15, 0.2) is 5.76 Å². The quantitative estimate of drug-likeness (QED) is 0.373. The van der Waals surface area contributed by atoms with E-state index in [-0.39, 0.29) is 11.4 Å². The number of hydrogen-bond donors (Lipinski definition) is 1. The van der Waals surface area contributed by atoms with Crippen molar-refractivity contribution < 1.29 is 19.1 Å². The van der Waals surface area contributed by atoms with Crippen LogP contribution in [0.1, 0.15) is 10.6 Å². The van der Waals surface area contributed by atoms with Gasteiger partial charge in [-0.25, -0.2) is 0 Å². The monoisotopic (exact) mass is 304 g/mol. The van der Waals surface area contributed by atoms with Crippen LogP contribution in [0.4, 0.5) is 17.1 Å². The summed E-state index contributed by atoms with van der Waals surface area (Å²) in [6.45, 7) is 0. The lowest BCUT2D eigenvalue weighted by Crippen LogP contribution is -2.02. The number of nitro benzene ring substituents is 2. The molecule has 0 amide bonds. The number of nitrogens with one attached hydrogen (secondary N) is 1. The Morgan fingerprint density at radius 3 is 2.59 bits per heavy atom. The van der Waals surface area contributed by atoms with Crippen molar-refractivity contribution >= 4 is 29.1 Å². The predicted molar refractivity (Wildman–Crippen MR) is 74.9 cm³/mol. The van der Waals surface area contributed by atoms with Gasteiger partial charge in [0.25, 0.3) is 5.69 Å². The van der Waals surface area contributed by atoms with Crippen LogP contribution >= 0.6 is 0 Å². The zero-order valence-corrected chi connectivity index (χ0v) is 10.8. The summed E-state index contributed by atoms with van der Waals surface area (Å²) in [5, 5.41) is 25.0. The van der Waals surface area contributed by atoms with Crippen LogP contribution in [0.2, 0.25) is 0 Å². The molecule has 0 unspecified atom stereocenters. The zero-order chi connectivity index (χ0) is 16.1. The smallest absolute Gasteiger partial charge is 0.301 e. The maximum Gasteiger partial charge on any atom is 0.301 e. The fourth-order valence-electron chi connectivity index (χ4n) is 1.52. The topological polar surface area (TPSA) is 141 Å². The Morgan fingerprint density at radius 1 is 1.23 bits per heavy atom. The SMILES string of the molecule is O=C(/C=N\Nc1ccc([N+](=O)[O-])cc1[N+](=O)[O-])c1ccco1. The Balaban J connectivity index is 2.17. The van der Waals surface area contributed by atoms with Crippen molar-refractivity contribution in [2.45, 2.75) is 0 Å². The highest BCUT2D eigenvalue weighted by Gasteiger charge is 2.19. The molecule has 0 aliphatic carbocycles. The summed E-state index contributed by atoms with van der Waals surface area (Å²) < 4.78 is 4.85. The maximum atomic E-state index is 11.6. The molecule has 112 valence electrons. The predicted octanol–water partition coefficient (Wildman–Crippen LogP) is 2.38. The van der Waals surface area contributed by atoms with E-state index in [9.17, 15) is 25.0 Å². The van der Waals surface area contributed by atoms with E-state index >= 15 is 0 Å². The van der Waals surface area contributed by atoms with Gasteiger partial charge >= 0.3 is 5.69 Å². The molecule has 0 atom stereocenters. The minimum atomic E-state index is -0.792. The first-order chi connectivity index (χ1) is 10.5. The molecular formula is C12H8N4O6. The van der Waals surface area contributed by atoms with Crippen molar-refractivity contribution in [1.29, 1.82) is 0 Å². The molecule has 1 aromatic carbocycles. The normalized spacial score (nSPS) is 10.5. The summed E-state index contributed by atoms with van der Waals surface area (Å²) in [6, 6.07) is 5.97. The first-order valence-electron chi connectivity index (χ1n) is 5.79. The number of carbonyl (C=O) groups is 1. The van der Waals surface area contributed by atoms with E-state index in [1.165, 1.54) is 18.4 Å². The zero-order valence-electron chi connectivity index (χ0n) is 10.8. The summed E-state index contributed by atoms with van der Waals surface area (Å²) in [5.74, 6) is -0.481. The van der Waals surface area contributed by atoms with E-state index in [2.05, 4.69) is 10.5 Å². The molecule has 1 aromatic heterocycles. The van der Waals surface area contributed by atoms with E-state index < -0.39 is 27.0 Å². The largest absolute Gasteiger partial charge is 0.461 e. The van der Waals surface area contributed by atoms with Crippen LogP contribution in [0.3, 0.4) is 0 Å². The van der Waals surface area contributed by atoms with Crippen LogP contribution in [0.25, 0.3) is 0 Å². The molecule has 0 radical (unpaired) electrons. The number of nitro groups is 2. The minimum Gasteiger partial charge on any atom is -0.461 e. The minimum absolute atomic E-state index is 0.0590. The third-order valence-corrected chi connectivity index (χ3v) is 2.52. The van der Waals surface area contributed by atoms with Crippen LogP contribution in [0.5, 0.6) is 0 Å². The second-order valence-corrected chi connectivity index (χ2v) is 3.93. The number of hydrogen-bond acceptors (Lipinski definition) is 8. The molecular weight excluding hydrogens is 296 g/mol. The molecule has 1 heterocycles. The highest BCUT2D eigenvalue weighted by atomic mass is 16.6. The summed E-state index contributed by atoms with van der Waals surface area (Å²) in [6.07, 6.45) is 2.19. The van der Waals surface area contributed by atoms with E-state index in [1.807, 2.05) is 0 Å². The van der Waals surface area contributed by atoms with Crippen molar-refractivity contribution in [1.82, 2.24) is 0 Å². The number of hydrazone groups is 1. The molecule has 0 aliphatic heterocycles. The van der Waals surface area contributed by atoms with Crippen molar-refractivity contribution in [3.8, 4) is 0 Å². The molecule has 2 aromatic rings. The average molecular weight is 304 g/mol. The molecule has 0 saturated carbocycles. The summed E-state index contributed by atoms with van der Waals surface area (Å²) >= 11 is 0. The van der Waals surface area contributed by atoms with Crippen molar-refractivity contribution in [2.75, 3.05) is 5.43 Å². The van der Waals surface area contributed by atoms with Crippen LogP contribution in [0.15, 0.2) is 46.1 Å². The van der Waals surface area contributed by atoms with Gasteiger partial charge in [-0.3, -0.25) is 30.4 Å². The standard InChI is InChI=1S/C12H8N4O6/c17-11(12-2-1-5-22-12)7-13-14-9-4-3-8(15(18)19)6-10(9)16(20)21/h1-7,14H/b13-7-. The molecule has 2 rings (SSSR count). The average Bonchev–Trinajstić information content (AvgIpc) is 3.01. The number of furan rings is 1. The van der Waals surface area contributed by atoms with Gasteiger partial charge in [0.2, 0.25) is 5.78 Å². The van der Waals surface area contributed by atoms with Gasteiger partial charge in [-0.2, -0.15) is 5.10 Å². The fourth-order valence-corrected chi connectivity index (χ4v) is 1.52. The number of nitrogens with zero attached hydrogens (tertiary/aromatic N) is 3. The number of anilines is 1. The molecule has 0 saturated heterocycles. The van der Waals surface area contributed by atoms with Crippen LogP contribution in [-0.4, -0.2) is 21.8 Å². The summed E-state index contributed by atoms with van der Waals surface area (Å²) in [5.41, 5.74) is 1.26. The van der Waals surface area contributed by atoms with E-state index in [1.54, 1.807) is 0 Å². The van der Waals surface area contributed by atoms with E-state index in [4.69, 9.17) is 4.42 Å². The van der Waals surface area contributed by atoms with Crippen LogP contribution in [-0.2, 0) is 0 Å². The van der Waals surface area contributed by atoms with Crippen molar-refractivity contribution in [3.63, 3.8) is 0 Å². The molecule has 10 heteroatoms. The lowest BCUT2D eigenvalue weighted by molar-refractivity contribution is -0.393.